The fraction of sp³-hybridized carbons (Fsp3) is 0.480. The van der Waals surface area contributed by atoms with Crippen molar-refractivity contribution < 1.29 is 18.9 Å². The normalized spacial score (nSPS) is 12.7. The van der Waals surface area contributed by atoms with Gasteiger partial charge in [0.25, 0.3) is 0 Å². The molecule has 0 aliphatic rings. The standard InChI is InChI=1S/C25H34N2O4/c1-25(18-26,20-9-11-22(29-4)24(17-20)31-6)13-7-14-27(2)15-12-19-8-10-21(28-3)23(16-19)30-5/h8-11,16-17H,7,12-15H2,1-6H3/t25-/m1/s1/i2-1. The fourth-order valence-electron chi connectivity index (χ4n) is 3.61. The average Bonchev–Trinajstić information content (AvgIpc) is 2.81. The number of methoxy groups -OCH3 is 4. The van der Waals surface area contributed by atoms with E-state index in [9.17, 15) is 5.26 Å². The molecule has 1 atom stereocenters. The minimum Gasteiger partial charge on any atom is -0.493 e. The lowest BCUT2D eigenvalue weighted by Gasteiger charge is -2.25. The monoisotopic (exact) mass is 425 g/mol. The maximum atomic E-state index is 9.88. The highest BCUT2D eigenvalue weighted by Gasteiger charge is 2.27. The maximum absolute atomic E-state index is 9.88. The molecule has 6 heteroatoms. The van der Waals surface area contributed by atoms with Crippen molar-refractivity contribution in [1.29, 1.82) is 5.26 Å². The first-order chi connectivity index (χ1) is 14.9. The summed E-state index contributed by atoms with van der Waals surface area (Å²) in [6.45, 7) is 3.82. The molecule has 0 amide bonds. The molecule has 168 valence electrons. The summed E-state index contributed by atoms with van der Waals surface area (Å²) < 4.78 is 21.4. The third kappa shape index (κ3) is 6.28. The number of nitriles is 1. The highest BCUT2D eigenvalue weighted by atomic mass is 16.5. The van der Waals surface area contributed by atoms with Gasteiger partial charge < -0.3 is 23.8 Å². The minimum absolute atomic E-state index is 0.580. The quantitative estimate of drug-likeness (QED) is 0.500. The first kappa shape index (κ1) is 24.4. The Morgan fingerprint density at radius 3 is 2.00 bits per heavy atom. The van der Waals surface area contributed by atoms with E-state index in [4.69, 9.17) is 18.9 Å². The van der Waals surface area contributed by atoms with Crippen LogP contribution in [-0.2, 0) is 11.8 Å². The van der Waals surface area contributed by atoms with Gasteiger partial charge in [0, 0.05) is 6.54 Å². The van der Waals surface area contributed by atoms with Gasteiger partial charge in [-0.2, -0.15) is 5.26 Å². The smallest absolute Gasteiger partial charge is 0.161 e. The molecule has 0 aliphatic heterocycles. The highest BCUT2D eigenvalue weighted by molar-refractivity contribution is 5.46. The van der Waals surface area contributed by atoms with Crippen molar-refractivity contribution in [2.45, 2.75) is 31.6 Å². The van der Waals surface area contributed by atoms with Crippen molar-refractivity contribution in [3.05, 3.63) is 47.5 Å². The summed E-state index contributed by atoms with van der Waals surface area (Å²) in [7, 11) is 8.62. The van der Waals surface area contributed by atoms with Crippen LogP contribution >= 0.6 is 0 Å². The third-order valence-corrected chi connectivity index (χ3v) is 5.71. The molecule has 31 heavy (non-hydrogen) atoms. The van der Waals surface area contributed by atoms with E-state index in [2.05, 4.69) is 24.1 Å². The Morgan fingerprint density at radius 2 is 1.42 bits per heavy atom. The van der Waals surface area contributed by atoms with E-state index in [0.29, 0.717) is 11.5 Å². The number of likely N-dealkylation sites (N-methyl/N-ethyl adjacent to an activating group) is 1. The summed E-state index contributed by atoms with van der Waals surface area (Å²) in [4.78, 5) is 2.29. The predicted octanol–water partition coefficient (Wildman–Crippen LogP) is 4.46. The van der Waals surface area contributed by atoms with Crippen LogP contribution in [0.1, 0.15) is 30.9 Å². The summed E-state index contributed by atoms with van der Waals surface area (Å²) in [5, 5.41) is 9.88. The molecule has 6 nitrogen and oxygen atoms in total. The lowest BCUT2D eigenvalue weighted by Crippen LogP contribution is -2.26. The average molecular weight is 426 g/mol. The van der Waals surface area contributed by atoms with Crippen LogP contribution in [0.4, 0.5) is 0 Å². The van der Waals surface area contributed by atoms with E-state index >= 15 is 0 Å². The Kier molecular flexibility index (Phi) is 9.02. The van der Waals surface area contributed by atoms with E-state index in [1.165, 1.54) is 5.56 Å². The van der Waals surface area contributed by atoms with Crippen LogP contribution in [0.25, 0.3) is 0 Å². The Bertz CT molecular complexity index is 894. The number of hydrogen-bond donors (Lipinski definition) is 0. The molecule has 0 saturated heterocycles. The van der Waals surface area contributed by atoms with Crippen LogP contribution in [-0.4, -0.2) is 53.5 Å². The summed E-state index contributed by atoms with van der Waals surface area (Å²) in [5.41, 5.74) is 1.57. The van der Waals surface area contributed by atoms with E-state index in [0.717, 1.165) is 49.4 Å². The molecule has 2 rings (SSSR count). The van der Waals surface area contributed by atoms with Gasteiger partial charge in [0.15, 0.2) is 23.0 Å². The molecule has 0 fully saturated rings. The Morgan fingerprint density at radius 1 is 0.839 bits per heavy atom. The van der Waals surface area contributed by atoms with Gasteiger partial charge in [0.05, 0.1) is 39.9 Å². The molecule has 0 heterocycles. The topological polar surface area (TPSA) is 64.0 Å². The molecule has 0 saturated carbocycles. The third-order valence-electron chi connectivity index (χ3n) is 5.71. The lowest BCUT2D eigenvalue weighted by molar-refractivity contribution is 0.318. The molecule has 0 radical (unpaired) electrons. The van der Waals surface area contributed by atoms with Crippen LogP contribution in [0.2, 0.25) is 0 Å². The number of hydrogen-bond acceptors (Lipinski definition) is 6. The molecule has 0 unspecified atom stereocenters. The van der Waals surface area contributed by atoms with Crippen LogP contribution in [0, 0.1) is 11.3 Å². The maximum Gasteiger partial charge on any atom is 0.161 e. The first-order valence-electron chi connectivity index (χ1n) is 10.4. The van der Waals surface area contributed by atoms with Crippen molar-refractivity contribution in [3.63, 3.8) is 0 Å². The Labute approximate surface area is 186 Å². The van der Waals surface area contributed by atoms with Crippen molar-refractivity contribution >= 4 is 0 Å². The highest BCUT2D eigenvalue weighted by Crippen LogP contribution is 2.35. The van der Waals surface area contributed by atoms with Gasteiger partial charge in [-0.05, 0) is 75.2 Å². The zero-order valence-electron chi connectivity index (χ0n) is 19.5. The number of benzene rings is 2. The molecule has 0 bridgehead atoms. The molecule has 0 N–H and O–H groups in total. The van der Waals surface area contributed by atoms with E-state index in [1.807, 2.05) is 37.3 Å². The van der Waals surface area contributed by atoms with Crippen LogP contribution in [0.5, 0.6) is 23.0 Å². The molecule has 2 aromatic carbocycles. The molecule has 0 spiro atoms. The molecular weight excluding hydrogens is 391 g/mol. The van der Waals surface area contributed by atoms with E-state index in [1.54, 1.807) is 28.4 Å². The van der Waals surface area contributed by atoms with Gasteiger partial charge in [0.1, 0.15) is 0 Å². The fourth-order valence-corrected chi connectivity index (χ4v) is 3.61. The first-order valence-corrected chi connectivity index (χ1v) is 10.4. The summed E-state index contributed by atoms with van der Waals surface area (Å²) in [5.74, 6) is 2.81. The Hall–Kier alpha value is -2.91. The van der Waals surface area contributed by atoms with Crippen molar-refractivity contribution in [2.75, 3.05) is 48.6 Å². The van der Waals surface area contributed by atoms with Crippen molar-refractivity contribution in [2.24, 2.45) is 0 Å². The second kappa shape index (κ2) is 11.5. The van der Waals surface area contributed by atoms with Gasteiger partial charge in [-0.1, -0.05) is 12.1 Å². The Balaban J connectivity index is 1.91. The summed E-state index contributed by atoms with van der Waals surface area (Å²) in [6, 6.07) is 14.2. The molecule has 0 aromatic heterocycles. The van der Waals surface area contributed by atoms with Gasteiger partial charge in [-0.25, -0.2) is 0 Å². The molecule has 0 aliphatic carbocycles. The second-order valence-electron chi connectivity index (χ2n) is 7.86. The lowest BCUT2D eigenvalue weighted by atomic mass is 9.79. The number of nitrogens with zero attached hydrogens (tertiary/aromatic N) is 2. The van der Waals surface area contributed by atoms with Gasteiger partial charge in [0.2, 0.25) is 0 Å². The number of rotatable bonds is 12. The molecule has 2 aromatic rings. The van der Waals surface area contributed by atoms with Crippen LogP contribution in [0.3, 0.4) is 0 Å². The second-order valence-corrected chi connectivity index (χ2v) is 7.86. The zero-order valence-corrected chi connectivity index (χ0v) is 19.5. The summed E-state index contributed by atoms with van der Waals surface area (Å²) >= 11 is 0. The van der Waals surface area contributed by atoms with Gasteiger partial charge in [-0.3, -0.25) is 0 Å². The van der Waals surface area contributed by atoms with Gasteiger partial charge in [-0.15, -0.1) is 0 Å². The number of ether oxygens (including phenoxy) is 4. The zero-order chi connectivity index (χ0) is 22.9. The molecular formula is C25H34N2O4. The summed E-state index contributed by atoms with van der Waals surface area (Å²) in [6.07, 6.45) is 2.60. The SMILES string of the molecule is COc1ccc(CCN([11CH3])CCC[C@](C)(C#N)c2ccc(OC)c(OC)c2)cc1OC. The van der Waals surface area contributed by atoms with Crippen molar-refractivity contribution in [3.8, 4) is 29.1 Å². The van der Waals surface area contributed by atoms with E-state index in [-0.39, 0.29) is 0 Å². The van der Waals surface area contributed by atoms with Crippen LogP contribution < -0.4 is 18.9 Å². The van der Waals surface area contributed by atoms with Gasteiger partial charge >= 0.3 is 0 Å². The van der Waals surface area contributed by atoms with Crippen LogP contribution in [0.15, 0.2) is 36.4 Å². The van der Waals surface area contributed by atoms with E-state index < -0.39 is 5.41 Å². The minimum atomic E-state index is -0.580. The largest absolute Gasteiger partial charge is 0.493 e. The predicted molar refractivity (Wildman–Crippen MR) is 122 cm³/mol. The van der Waals surface area contributed by atoms with Crippen molar-refractivity contribution in [1.82, 2.24) is 4.90 Å².